The molecule has 5 nitrogen and oxygen atoms in total. The normalized spacial score (nSPS) is 15.2. The Labute approximate surface area is 127 Å². The number of ether oxygens (including phenoxy) is 1. The lowest BCUT2D eigenvalue weighted by Crippen LogP contribution is -2.34. The van der Waals surface area contributed by atoms with Gasteiger partial charge < -0.3 is 10.1 Å². The van der Waals surface area contributed by atoms with Crippen LogP contribution in [0.25, 0.3) is 0 Å². The van der Waals surface area contributed by atoms with Crippen molar-refractivity contribution in [1.82, 2.24) is 10.0 Å². The molecule has 0 saturated carbocycles. The summed E-state index contributed by atoms with van der Waals surface area (Å²) in [6.07, 6.45) is 0.806. The van der Waals surface area contributed by atoms with Crippen LogP contribution in [0.15, 0.2) is 23.1 Å². The molecule has 6 heteroatoms. The number of methoxy groups -OCH3 is 1. The Morgan fingerprint density at radius 2 is 2.00 bits per heavy atom. The van der Waals surface area contributed by atoms with Gasteiger partial charge in [-0.15, -0.1) is 0 Å². The molecule has 1 aliphatic heterocycles. The third-order valence-corrected chi connectivity index (χ3v) is 5.24. The van der Waals surface area contributed by atoms with Crippen molar-refractivity contribution < 1.29 is 13.2 Å². The van der Waals surface area contributed by atoms with Crippen LogP contribution in [0, 0.1) is 5.41 Å². The number of hydrogen-bond acceptors (Lipinski definition) is 4. The molecule has 1 heterocycles. The standard InChI is InChI=1S/C15H24N2O3S/c1-15(2,6-7-20-3)11-17-21(18,19)14-5-4-12-9-16-10-13(12)8-14/h4-5,8,16-17H,6-7,9-11H2,1-3H3. The molecule has 118 valence electrons. The first-order chi connectivity index (χ1) is 9.84. The second-order valence-electron chi connectivity index (χ2n) is 6.27. The molecule has 0 amide bonds. The number of fused-ring (bicyclic) bond motifs is 1. The van der Waals surface area contributed by atoms with Gasteiger partial charge in [-0.2, -0.15) is 0 Å². The molecule has 0 fully saturated rings. The molecule has 1 aromatic carbocycles. The molecule has 0 saturated heterocycles. The van der Waals surface area contributed by atoms with Gasteiger partial charge in [-0.05, 0) is 35.1 Å². The van der Waals surface area contributed by atoms with Gasteiger partial charge in [0.05, 0.1) is 4.90 Å². The molecule has 0 aliphatic carbocycles. The van der Waals surface area contributed by atoms with E-state index in [4.69, 9.17) is 4.74 Å². The smallest absolute Gasteiger partial charge is 0.240 e. The van der Waals surface area contributed by atoms with Crippen LogP contribution in [-0.4, -0.2) is 28.7 Å². The largest absolute Gasteiger partial charge is 0.385 e. The van der Waals surface area contributed by atoms with Gasteiger partial charge in [-0.1, -0.05) is 19.9 Å². The molecule has 0 aromatic heterocycles. The van der Waals surface area contributed by atoms with Crippen molar-refractivity contribution in [2.45, 2.75) is 38.3 Å². The number of sulfonamides is 1. The Bertz CT molecular complexity index is 597. The summed E-state index contributed by atoms with van der Waals surface area (Å²) in [7, 11) is -1.81. The van der Waals surface area contributed by atoms with E-state index in [2.05, 4.69) is 10.0 Å². The third-order valence-electron chi connectivity index (χ3n) is 3.84. The fraction of sp³-hybridized carbons (Fsp3) is 0.600. The molecule has 0 unspecified atom stereocenters. The Balaban J connectivity index is 2.05. The summed E-state index contributed by atoms with van der Waals surface area (Å²) in [6, 6.07) is 5.33. The first kappa shape index (κ1) is 16.4. The maximum Gasteiger partial charge on any atom is 0.240 e. The molecule has 1 aliphatic rings. The van der Waals surface area contributed by atoms with Crippen LogP contribution >= 0.6 is 0 Å². The second kappa shape index (κ2) is 6.44. The van der Waals surface area contributed by atoms with Crippen molar-refractivity contribution in [3.8, 4) is 0 Å². The highest BCUT2D eigenvalue weighted by Gasteiger charge is 2.23. The molecule has 0 radical (unpaired) electrons. The molecule has 2 N–H and O–H groups in total. The average Bonchev–Trinajstić information content (AvgIpc) is 2.91. The third kappa shape index (κ3) is 4.26. The van der Waals surface area contributed by atoms with Crippen molar-refractivity contribution in [1.29, 1.82) is 0 Å². The average molecular weight is 312 g/mol. The van der Waals surface area contributed by atoms with Crippen LogP contribution in [0.2, 0.25) is 0 Å². The van der Waals surface area contributed by atoms with Gasteiger partial charge in [0.1, 0.15) is 0 Å². The quantitative estimate of drug-likeness (QED) is 0.803. The van der Waals surface area contributed by atoms with E-state index in [1.807, 2.05) is 19.9 Å². The molecule has 0 spiro atoms. The number of hydrogen-bond donors (Lipinski definition) is 2. The van der Waals surface area contributed by atoms with Crippen molar-refractivity contribution in [2.24, 2.45) is 5.41 Å². The number of benzene rings is 1. The fourth-order valence-electron chi connectivity index (χ4n) is 2.28. The van der Waals surface area contributed by atoms with Gasteiger partial charge in [-0.3, -0.25) is 0 Å². The molecular formula is C15H24N2O3S. The highest BCUT2D eigenvalue weighted by molar-refractivity contribution is 7.89. The number of rotatable bonds is 7. The minimum Gasteiger partial charge on any atom is -0.385 e. The van der Waals surface area contributed by atoms with E-state index >= 15 is 0 Å². The molecule has 2 rings (SSSR count). The summed E-state index contributed by atoms with van der Waals surface area (Å²) >= 11 is 0. The van der Waals surface area contributed by atoms with Crippen molar-refractivity contribution in [3.05, 3.63) is 29.3 Å². The summed E-state index contributed by atoms with van der Waals surface area (Å²) in [6.45, 7) is 6.63. The second-order valence-corrected chi connectivity index (χ2v) is 8.03. The Hall–Kier alpha value is -0.950. The van der Waals surface area contributed by atoms with E-state index < -0.39 is 10.0 Å². The minimum absolute atomic E-state index is 0.138. The summed E-state index contributed by atoms with van der Waals surface area (Å²) in [4.78, 5) is 0.340. The minimum atomic E-state index is -3.46. The van der Waals surface area contributed by atoms with Crippen LogP contribution in [0.5, 0.6) is 0 Å². The van der Waals surface area contributed by atoms with Crippen LogP contribution in [0.1, 0.15) is 31.4 Å². The summed E-state index contributed by atoms with van der Waals surface area (Å²) < 4.78 is 32.6. The van der Waals surface area contributed by atoms with Gasteiger partial charge in [0.2, 0.25) is 10.0 Å². The molecule has 21 heavy (non-hydrogen) atoms. The van der Waals surface area contributed by atoms with Gasteiger partial charge in [0.25, 0.3) is 0 Å². The van der Waals surface area contributed by atoms with E-state index in [1.165, 1.54) is 5.56 Å². The Morgan fingerprint density at radius 1 is 1.29 bits per heavy atom. The van der Waals surface area contributed by atoms with E-state index in [-0.39, 0.29) is 5.41 Å². The predicted molar refractivity (Wildman–Crippen MR) is 82.4 cm³/mol. The lowest BCUT2D eigenvalue weighted by molar-refractivity contribution is 0.153. The van der Waals surface area contributed by atoms with Gasteiger partial charge >= 0.3 is 0 Å². The molecular weight excluding hydrogens is 288 g/mol. The Kier molecular flexibility index (Phi) is 5.03. The van der Waals surface area contributed by atoms with Crippen LogP contribution in [-0.2, 0) is 27.8 Å². The van der Waals surface area contributed by atoms with Crippen molar-refractivity contribution >= 4 is 10.0 Å². The summed E-state index contributed by atoms with van der Waals surface area (Å²) in [5, 5.41) is 3.22. The van der Waals surface area contributed by atoms with E-state index in [9.17, 15) is 8.42 Å². The maximum absolute atomic E-state index is 12.4. The zero-order chi connectivity index (χ0) is 15.5. The zero-order valence-corrected chi connectivity index (χ0v) is 13.7. The molecule has 1 aromatic rings. The zero-order valence-electron chi connectivity index (χ0n) is 12.9. The van der Waals surface area contributed by atoms with E-state index in [1.54, 1.807) is 19.2 Å². The van der Waals surface area contributed by atoms with Gasteiger partial charge in [0, 0.05) is 33.4 Å². The van der Waals surface area contributed by atoms with Gasteiger partial charge in [0.15, 0.2) is 0 Å². The maximum atomic E-state index is 12.4. The van der Waals surface area contributed by atoms with E-state index in [0.29, 0.717) is 18.0 Å². The summed E-state index contributed by atoms with van der Waals surface area (Å²) in [5.74, 6) is 0. The lowest BCUT2D eigenvalue weighted by atomic mass is 9.90. The SMILES string of the molecule is COCCC(C)(C)CNS(=O)(=O)c1ccc2c(c1)CNC2. The van der Waals surface area contributed by atoms with E-state index in [0.717, 1.165) is 25.1 Å². The molecule has 0 bridgehead atoms. The van der Waals surface area contributed by atoms with Crippen molar-refractivity contribution in [2.75, 3.05) is 20.3 Å². The Morgan fingerprint density at radius 3 is 2.71 bits per heavy atom. The monoisotopic (exact) mass is 312 g/mol. The first-order valence-electron chi connectivity index (χ1n) is 7.15. The topological polar surface area (TPSA) is 67.4 Å². The number of nitrogens with one attached hydrogen (secondary N) is 2. The lowest BCUT2D eigenvalue weighted by Gasteiger charge is -2.24. The summed E-state index contributed by atoms with van der Waals surface area (Å²) in [5.41, 5.74) is 2.10. The highest BCUT2D eigenvalue weighted by Crippen LogP contribution is 2.22. The van der Waals surface area contributed by atoms with Crippen molar-refractivity contribution in [3.63, 3.8) is 0 Å². The van der Waals surface area contributed by atoms with Crippen LogP contribution in [0.3, 0.4) is 0 Å². The van der Waals surface area contributed by atoms with Crippen LogP contribution in [0.4, 0.5) is 0 Å². The highest BCUT2D eigenvalue weighted by atomic mass is 32.2. The first-order valence-corrected chi connectivity index (χ1v) is 8.63. The van der Waals surface area contributed by atoms with Crippen LogP contribution < -0.4 is 10.0 Å². The fourth-order valence-corrected chi connectivity index (χ4v) is 3.57. The van der Waals surface area contributed by atoms with Gasteiger partial charge in [-0.25, -0.2) is 13.1 Å². The molecule has 0 atom stereocenters. The predicted octanol–water partition coefficient (Wildman–Crippen LogP) is 1.63.